The molecule has 0 heterocycles. The van der Waals surface area contributed by atoms with E-state index in [-0.39, 0.29) is 33.0 Å². The molecule has 2 N–H and O–H groups in total. The van der Waals surface area contributed by atoms with Gasteiger partial charge in [0, 0.05) is 17.3 Å². The van der Waals surface area contributed by atoms with Gasteiger partial charge < -0.3 is 10.2 Å². The van der Waals surface area contributed by atoms with Crippen LogP contribution in [-0.4, -0.2) is 28.1 Å². The van der Waals surface area contributed by atoms with Gasteiger partial charge in [-0.25, -0.2) is 0 Å². The van der Waals surface area contributed by atoms with E-state index < -0.39 is 22.9 Å². The van der Waals surface area contributed by atoms with Gasteiger partial charge in [0.05, 0.1) is 11.5 Å². The van der Waals surface area contributed by atoms with Crippen LogP contribution in [0.5, 0.6) is 0 Å². The first-order valence-corrected chi connectivity index (χ1v) is 14.4. The molecule has 0 spiro atoms. The molecular formula is C31H50O4. The molecule has 5 fully saturated rings. The van der Waals surface area contributed by atoms with Gasteiger partial charge in [0.25, 0.3) is 0 Å². The van der Waals surface area contributed by atoms with Gasteiger partial charge in [0.2, 0.25) is 0 Å². The van der Waals surface area contributed by atoms with Crippen LogP contribution in [-0.2, 0) is 9.59 Å². The molecule has 35 heavy (non-hydrogen) atoms. The number of rotatable bonds is 1. The van der Waals surface area contributed by atoms with Crippen LogP contribution in [0.2, 0.25) is 0 Å². The monoisotopic (exact) mass is 486 g/mol. The highest BCUT2D eigenvalue weighted by atomic mass is 16.4. The molecule has 0 saturated heterocycles. The van der Waals surface area contributed by atoms with Crippen LogP contribution in [0.1, 0.15) is 120 Å². The Balaban J connectivity index is 1.64. The number of ketones is 1. The van der Waals surface area contributed by atoms with E-state index >= 15 is 0 Å². The van der Waals surface area contributed by atoms with Gasteiger partial charge in [-0.1, -0.05) is 55.4 Å². The molecule has 3 unspecified atom stereocenters. The van der Waals surface area contributed by atoms with Crippen LogP contribution in [0.3, 0.4) is 0 Å². The van der Waals surface area contributed by atoms with E-state index in [2.05, 4.69) is 55.4 Å². The van der Waals surface area contributed by atoms with Crippen molar-refractivity contribution in [3.8, 4) is 0 Å². The first-order chi connectivity index (χ1) is 15.9. The zero-order chi connectivity index (χ0) is 26.0. The number of carbonyl (C=O) groups excluding carboxylic acids is 1. The molecule has 5 aliphatic rings. The highest BCUT2D eigenvalue weighted by Crippen LogP contribution is 2.80. The normalized spacial score (nSPS) is 54.6. The van der Waals surface area contributed by atoms with Crippen LogP contribution in [0, 0.1) is 55.7 Å². The average Bonchev–Trinajstić information content (AvgIpc) is 2.75. The van der Waals surface area contributed by atoms with Gasteiger partial charge in [0.15, 0.2) is 0 Å². The molecule has 9 atom stereocenters. The Morgan fingerprint density at radius 2 is 1.46 bits per heavy atom. The summed E-state index contributed by atoms with van der Waals surface area (Å²) in [5, 5.41) is 22.8. The molecule has 0 aromatic rings. The Morgan fingerprint density at radius 1 is 0.829 bits per heavy atom. The molecule has 198 valence electrons. The number of carbonyl (C=O) groups is 2. The number of carboxylic acid groups (broad SMARTS) is 1. The molecule has 5 aliphatic carbocycles. The lowest BCUT2D eigenvalue weighted by Gasteiger charge is -2.77. The van der Waals surface area contributed by atoms with Crippen molar-refractivity contribution in [2.24, 2.45) is 55.7 Å². The molecule has 0 amide bonds. The van der Waals surface area contributed by atoms with Crippen molar-refractivity contribution < 1.29 is 19.8 Å². The zero-order valence-electron chi connectivity index (χ0n) is 23.6. The Bertz CT molecular complexity index is 952. The van der Waals surface area contributed by atoms with Crippen LogP contribution in [0.15, 0.2) is 0 Å². The fourth-order valence-corrected chi connectivity index (χ4v) is 11.7. The SMILES string of the molecule is CC1(C)CC[C@]2(C(=O)O)CC[C@@]3(C)[C@]4(C)CCC5C(C)(C)C(=O)CC[C@]5(C)C4C[C@H](O)[C@@]3(C)C2C1. The summed E-state index contributed by atoms with van der Waals surface area (Å²) in [5.41, 5.74) is -1.44. The second kappa shape index (κ2) is 7.14. The van der Waals surface area contributed by atoms with E-state index in [0.717, 1.165) is 57.8 Å². The number of aliphatic hydroxyl groups is 1. The summed E-state index contributed by atoms with van der Waals surface area (Å²) in [7, 11) is 0. The van der Waals surface area contributed by atoms with E-state index in [4.69, 9.17) is 0 Å². The predicted octanol–water partition coefficient (Wildman–Crippen LogP) is 6.88. The maximum absolute atomic E-state index is 13.0. The van der Waals surface area contributed by atoms with E-state index in [1.807, 2.05) is 0 Å². The lowest BCUT2D eigenvalue weighted by Crippen LogP contribution is -2.74. The van der Waals surface area contributed by atoms with Crippen molar-refractivity contribution in [1.82, 2.24) is 0 Å². The molecule has 5 saturated carbocycles. The first-order valence-electron chi connectivity index (χ1n) is 14.4. The summed E-state index contributed by atoms with van der Waals surface area (Å²) < 4.78 is 0. The standard InChI is InChI=1S/C31H50O4/c1-25(2)13-15-31(24(34)35)16-14-29(7)28(6)12-9-19-26(3,4)22(32)10-11-27(19,5)20(28)17-23(33)30(29,8)21(31)18-25/h19-21,23,33H,9-18H2,1-8H3,(H,34,35)/t19?,20?,21?,23-,27-,28+,29-,30+,31-/m0/s1. The number of aliphatic hydroxyl groups excluding tert-OH is 1. The van der Waals surface area contributed by atoms with Crippen molar-refractivity contribution in [3.63, 3.8) is 0 Å². The van der Waals surface area contributed by atoms with Gasteiger partial charge >= 0.3 is 5.97 Å². The van der Waals surface area contributed by atoms with Crippen LogP contribution in [0.25, 0.3) is 0 Å². The van der Waals surface area contributed by atoms with Crippen molar-refractivity contribution in [3.05, 3.63) is 0 Å². The molecule has 0 aliphatic heterocycles. The van der Waals surface area contributed by atoms with Crippen molar-refractivity contribution in [2.45, 2.75) is 126 Å². The number of fused-ring (bicyclic) bond motifs is 7. The molecular weight excluding hydrogens is 436 g/mol. The molecule has 0 aromatic carbocycles. The van der Waals surface area contributed by atoms with Crippen molar-refractivity contribution in [1.29, 1.82) is 0 Å². The lowest BCUT2D eigenvalue weighted by molar-refractivity contribution is -0.308. The Kier molecular flexibility index (Phi) is 5.25. The third-order valence-electron chi connectivity index (χ3n) is 14.3. The summed E-state index contributed by atoms with van der Waals surface area (Å²) in [6, 6.07) is 0. The van der Waals surface area contributed by atoms with Crippen molar-refractivity contribution >= 4 is 11.8 Å². The fraction of sp³-hybridized carbons (Fsp3) is 0.935. The number of carboxylic acids is 1. The van der Waals surface area contributed by atoms with Gasteiger partial charge in [-0.05, 0) is 97.2 Å². The maximum Gasteiger partial charge on any atom is 0.309 e. The smallest absolute Gasteiger partial charge is 0.309 e. The van der Waals surface area contributed by atoms with E-state index in [1.165, 1.54) is 0 Å². The summed E-state index contributed by atoms with van der Waals surface area (Å²) in [6.07, 6.45) is 8.10. The molecule has 0 bridgehead atoms. The molecule has 0 radical (unpaired) electrons. The first kappa shape index (κ1) is 25.7. The van der Waals surface area contributed by atoms with E-state index in [1.54, 1.807) is 0 Å². The van der Waals surface area contributed by atoms with Crippen LogP contribution < -0.4 is 0 Å². The van der Waals surface area contributed by atoms with Gasteiger partial charge in [-0.15, -0.1) is 0 Å². The van der Waals surface area contributed by atoms with Crippen molar-refractivity contribution in [2.75, 3.05) is 0 Å². The highest BCUT2D eigenvalue weighted by molar-refractivity contribution is 5.85. The zero-order valence-corrected chi connectivity index (χ0v) is 23.6. The average molecular weight is 487 g/mol. The minimum absolute atomic E-state index is 0.0160. The summed E-state index contributed by atoms with van der Waals surface area (Å²) in [4.78, 5) is 25.9. The third kappa shape index (κ3) is 2.84. The summed E-state index contributed by atoms with van der Waals surface area (Å²) in [6.45, 7) is 18.6. The second-order valence-electron chi connectivity index (χ2n) is 16.0. The van der Waals surface area contributed by atoms with Crippen LogP contribution in [0.4, 0.5) is 0 Å². The number of hydrogen-bond acceptors (Lipinski definition) is 3. The minimum atomic E-state index is -0.714. The lowest BCUT2D eigenvalue weighted by atomic mass is 9.27. The maximum atomic E-state index is 13.0. The van der Waals surface area contributed by atoms with Gasteiger partial charge in [0.1, 0.15) is 5.78 Å². The molecule has 5 rings (SSSR count). The topological polar surface area (TPSA) is 74.6 Å². The van der Waals surface area contributed by atoms with E-state index in [0.29, 0.717) is 24.0 Å². The predicted molar refractivity (Wildman–Crippen MR) is 138 cm³/mol. The second-order valence-corrected chi connectivity index (χ2v) is 16.0. The fourth-order valence-electron chi connectivity index (χ4n) is 11.7. The van der Waals surface area contributed by atoms with Gasteiger partial charge in [-0.2, -0.15) is 0 Å². The Labute approximate surface area is 213 Å². The quantitative estimate of drug-likeness (QED) is 0.423. The molecule has 4 nitrogen and oxygen atoms in total. The largest absolute Gasteiger partial charge is 0.481 e. The number of hydrogen-bond donors (Lipinski definition) is 2. The van der Waals surface area contributed by atoms with Crippen LogP contribution >= 0.6 is 0 Å². The number of Topliss-reactive ketones (excluding diaryl/α,β-unsaturated/α-hetero) is 1. The highest BCUT2D eigenvalue weighted by Gasteiger charge is 2.76. The van der Waals surface area contributed by atoms with Gasteiger partial charge in [-0.3, -0.25) is 9.59 Å². The Hall–Kier alpha value is -0.900. The summed E-state index contributed by atoms with van der Waals surface area (Å²) >= 11 is 0. The third-order valence-corrected chi connectivity index (χ3v) is 14.3. The van der Waals surface area contributed by atoms with E-state index in [9.17, 15) is 19.8 Å². The molecule has 0 aromatic heterocycles. The Morgan fingerprint density at radius 3 is 2.09 bits per heavy atom. The number of aliphatic carboxylic acids is 1. The minimum Gasteiger partial charge on any atom is -0.481 e. The summed E-state index contributed by atoms with van der Waals surface area (Å²) in [5.74, 6) is 0.457. The molecule has 4 heteroatoms.